The molecule has 2 fully saturated rings. The fourth-order valence-corrected chi connectivity index (χ4v) is 7.37. The maximum atomic E-state index is 12.6. The molecule has 2 aromatic heterocycles. The molecule has 0 saturated carbocycles. The van der Waals surface area contributed by atoms with Crippen LogP contribution in [0.15, 0.2) is 91.0 Å². The molecule has 4 heterocycles. The Labute approximate surface area is 319 Å². The van der Waals surface area contributed by atoms with Crippen LogP contribution in [0.3, 0.4) is 0 Å². The zero-order chi connectivity index (χ0) is 37.9. The third-order valence-corrected chi connectivity index (χ3v) is 10.5. The highest BCUT2D eigenvalue weighted by molar-refractivity contribution is 5.96. The van der Waals surface area contributed by atoms with Gasteiger partial charge in [-0.3, -0.25) is 14.5 Å². The Balaban J connectivity index is 1.04. The van der Waals surface area contributed by atoms with Crippen molar-refractivity contribution < 1.29 is 19.0 Å². The van der Waals surface area contributed by atoms with E-state index < -0.39 is 5.60 Å². The molecule has 54 heavy (non-hydrogen) atoms. The summed E-state index contributed by atoms with van der Waals surface area (Å²) in [6.07, 6.45) is -0.221. The number of anilines is 1. The van der Waals surface area contributed by atoms with Gasteiger partial charge in [-0.2, -0.15) is 10.1 Å². The first-order valence-electron chi connectivity index (χ1n) is 19.0. The van der Waals surface area contributed by atoms with Crippen molar-refractivity contribution >= 4 is 22.7 Å². The lowest BCUT2D eigenvalue weighted by atomic mass is 10.1. The number of piperazine rings is 2. The summed E-state index contributed by atoms with van der Waals surface area (Å²) in [5.74, 6) is 0.983. The number of amides is 1. The summed E-state index contributed by atoms with van der Waals surface area (Å²) < 4.78 is 20.0. The molecular formula is C43H53N7O4. The molecule has 0 N–H and O–H groups in total. The highest BCUT2D eigenvalue weighted by atomic mass is 16.6. The van der Waals surface area contributed by atoms with Gasteiger partial charge in [0, 0.05) is 76.5 Å². The summed E-state index contributed by atoms with van der Waals surface area (Å²) in [7, 11) is 1.99. The molecule has 0 spiro atoms. The van der Waals surface area contributed by atoms with Crippen molar-refractivity contribution in [3.63, 3.8) is 0 Å². The predicted octanol–water partition coefficient (Wildman–Crippen LogP) is 7.20. The van der Waals surface area contributed by atoms with Crippen molar-refractivity contribution in [2.24, 2.45) is 7.05 Å². The Bertz CT molecular complexity index is 2030. The Morgan fingerprint density at radius 3 is 1.91 bits per heavy atom. The molecule has 11 nitrogen and oxygen atoms in total. The highest BCUT2D eigenvalue weighted by Crippen LogP contribution is 2.37. The number of benzene rings is 3. The lowest BCUT2D eigenvalue weighted by Crippen LogP contribution is -2.65. The molecule has 3 aromatic carbocycles. The van der Waals surface area contributed by atoms with Gasteiger partial charge in [0.05, 0.1) is 16.7 Å². The first kappa shape index (κ1) is 37.2. The van der Waals surface area contributed by atoms with E-state index in [1.54, 1.807) is 0 Å². The van der Waals surface area contributed by atoms with Crippen molar-refractivity contribution in [1.82, 2.24) is 29.5 Å². The second-order valence-electron chi connectivity index (χ2n) is 15.6. The maximum absolute atomic E-state index is 12.6. The molecule has 0 bridgehead atoms. The van der Waals surface area contributed by atoms with Gasteiger partial charge in [0.2, 0.25) is 11.8 Å². The minimum absolute atomic E-state index is 0.122. The Morgan fingerprint density at radius 1 is 0.704 bits per heavy atom. The van der Waals surface area contributed by atoms with Crippen molar-refractivity contribution in [2.45, 2.75) is 59.1 Å². The lowest BCUT2D eigenvalue weighted by molar-refractivity contribution is -0.0605. The van der Waals surface area contributed by atoms with E-state index in [1.165, 1.54) is 5.69 Å². The van der Waals surface area contributed by atoms with Crippen LogP contribution in [0.1, 0.15) is 45.7 Å². The number of aromatic nitrogens is 3. The molecule has 0 aliphatic carbocycles. The molecule has 7 rings (SSSR count). The van der Waals surface area contributed by atoms with E-state index in [1.807, 2.05) is 110 Å². The smallest absolute Gasteiger partial charge is 0.410 e. The minimum atomic E-state index is -0.486. The molecule has 0 unspecified atom stereocenters. The van der Waals surface area contributed by atoms with E-state index in [4.69, 9.17) is 24.3 Å². The van der Waals surface area contributed by atoms with Crippen LogP contribution in [-0.2, 0) is 25.0 Å². The predicted molar refractivity (Wildman–Crippen MR) is 213 cm³/mol. The quantitative estimate of drug-likeness (QED) is 0.148. The van der Waals surface area contributed by atoms with Crippen LogP contribution >= 0.6 is 0 Å². The van der Waals surface area contributed by atoms with Crippen molar-refractivity contribution in [3.05, 3.63) is 102 Å². The number of hydrogen-bond acceptors (Lipinski definition) is 9. The first-order valence-corrected chi connectivity index (χ1v) is 19.0. The van der Waals surface area contributed by atoms with Gasteiger partial charge < -0.3 is 24.0 Å². The summed E-state index contributed by atoms with van der Waals surface area (Å²) >= 11 is 0. The maximum Gasteiger partial charge on any atom is 0.410 e. The van der Waals surface area contributed by atoms with Gasteiger partial charge >= 0.3 is 6.09 Å². The van der Waals surface area contributed by atoms with Crippen LogP contribution in [0.4, 0.5) is 10.5 Å². The van der Waals surface area contributed by atoms with E-state index in [0.717, 1.165) is 72.6 Å². The minimum Gasteiger partial charge on any atom is -0.473 e. The van der Waals surface area contributed by atoms with Gasteiger partial charge in [-0.1, -0.05) is 60.7 Å². The Kier molecular flexibility index (Phi) is 10.8. The number of pyridine rings is 1. The number of aryl methyl sites for hydroxylation is 1. The standard InChI is InChI=1S/C43H53N7O4/c1-42(2,3)54-41(51)48-23-27-50(28-24-48)43(4,5)49-25-21-47(22-26-49)34-17-18-35-37(29-34)46(6)45-39(35)36-19-20-38(52-30-32-13-9-7-10-14-32)44-40(36)53-31-33-15-11-8-12-16-33/h7-20,29H,21-28,30-31H2,1-6H3. The SMILES string of the molecule is Cn1nc(-c2ccc(OCc3ccccc3)nc2OCc2ccccc2)c2ccc(N3CCN(C(C)(C)N4CCN(C(=O)OC(C)(C)C)CC4)CC3)cc21. The van der Waals surface area contributed by atoms with Gasteiger partial charge in [-0.15, -0.1) is 0 Å². The second kappa shape index (κ2) is 15.7. The van der Waals surface area contributed by atoms with Crippen LogP contribution in [0, 0.1) is 0 Å². The van der Waals surface area contributed by atoms with Crippen LogP contribution in [0.5, 0.6) is 11.8 Å². The summed E-state index contributed by atoms with van der Waals surface area (Å²) in [6, 6.07) is 30.7. The number of carbonyl (C=O) groups excluding carboxylic acids is 1. The molecule has 11 heteroatoms. The second-order valence-corrected chi connectivity index (χ2v) is 15.6. The molecule has 284 valence electrons. The normalized spacial score (nSPS) is 16.1. The molecule has 0 radical (unpaired) electrons. The fraction of sp³-hybridized carbons (Fsp3) is 0.419. The van der Waals surface area contributed by atoms with Gasteiger partial charge in [0.25, 0.3) is 0 Å². The summed E-state index contributed by atoms with van der Waals surface area (Å²) in [6.45, 7) is 17.9. The number of hydrogen-bond donors (Lipinski definition) is 0. The third kappa shape index (κ3) is 8.48. The first-order chi connectivity index (χ1) is 25.9. The van der Waals surface area contributed by atoms with E-state index in [9.17, 15) is 4.79 Å². The topological polar surface area (TPSA) is 88.4 Å². The van der Waals surface area contributed by atoms with Crippen LogP contribution in [-0.4, -0.2) is 99.2 Å². The largest absolute Gasteiger partial charge is 0.473 e. The Morgan fingerprint density at radius 2 is 1.30 bits per heavy atom. The fourth-order valence-electron chi connectivity index (χ4n) is 7.37. The lowest BCUT2D eigenvalue weighted by Gasteiger charge is -2.52. The van der Waals surface area contributed by atoms with Gasteiger partial charge in [0.15, 0.2) is 0 Å². The van der Waals surface area contributed by atoms with Gasteiger partial charge in [0.1, 0.15) is 24.5 Å². The molecule has 2 saturated heterocycles. The van der Waals surface area contributed by atoms with Gasteiger partial charge in [-0.05, 0) is 70.0 Å². The van der Waals surface area contributed by atoms with Crippen LogP contribution in [0.2, 0.25) is 0 Å². The van der Waals surface area contributed by atoms with Crippen molar-refractivity contribution in [3.8, 4) is 23.0 Å². The molecule has 2 aliphatic heterocycles. The number of fused-ring (bicyclic) bond motifs is 1. The molecule has 1 amide bonds. The van der Waals surface area contributed by atoms with Crippen molar-refractivity contribution in [2.75, 3.05) is 57.3 Å². The zero-order valence-electron chi connectivity index (χ0n) is 32.5. The number of ether oxygens (including phenoxy) is 3. The van der Waals surface area contributed by atoms with Crippen molar-refractivity contribution in [1.29, 1.82) is 0 Å². The molecular weight excluding hydrogens is 679 g/mol. The molecule has 0 atom stereocenters. The van der Waals surface area contributed by atoms with E-state index in [2.05, 4.69) is 46.7 Å². The molecule has 5 aromatic rings. The summed E-state index contributed by atoms with van der Waals surface area (Å²) in [5, 5.41) is 6.04. The monoisotopic (exact) mass is 731 g/mol. The number of carbonyl (C=O) groups is 1. The van der Waals surface area contributed by atoms with E-state index >= 15 is 0 Å². The Hall–Kier alpha value is -5.13. The zero-order valence-corrected chi connectivity index (χ0v) is 32.5. The van der Waals surface area contributed by atoms with E-state index in [0.29, 0.717) is 38.1 Å². The van der Waals surface area contributed by atoms with Crippen LogP contribution in [0.25, 0.3) is 22.2 Å². The number of rotatable bonds is 10. The van der Waals surface area contributed by atoms with Gasteiger partial charge in [-0.25, -0.2) is 4.79 Å². The summed E-state index contributed by atoms with van der Waals surface area (Å²) in [4.78, 5) is 26.9. The highest BCUT2D eigenvalue weighted by Gasteiger charge is 2.38. The average molecular weight is 732 g/mol. The number of nitrogens with zero attached hydrogens (tertiary/aromatic N) is 7. The average Bonchev–Trinajstić information content (AvgIpc) is 3.51. The molecule has 2 aliphatic rings. The third-order valence-electron chi connectivity index (χ3n) is 10.5. The van der Waals surface area contributed by atoms with Crippen LogP contribution < -0.4 is 14.4 Å². The van der Waals surface area contributed by atoms with E-state index in [-0.39, 0.29) is 11.8 Å². The summed E-state index contributed by atoms with van der Waals surface area (Å²) in [5.41, 5.74) is 5.39.